The van der Waals surface area contributed by atoms with Crippen LogP contribution >= 0.6 is 11.6 Å². The number of rotatable bonds is 2. The Labute approximate surface area is 117 Å². The predicted molar refractivity (Wildman–Crippen MR) is 76.9 cm³/mol. The van der Waals surface area contributed by atoms with Crippen molar-refractivity contribution >= 4 is 23.2 Å². The summed E-state index contributed by atoms with van der Waals surface area (Å²) in [5.41, 5.74) is 4.21. The average molecular weight is 275 g/mol. The Morgan fingerprint density at radius 3 is 3.05 bits per heavy atom. The van der Waals surface area contributed by atoms with Crippen LogP contribution in [0.2, 0.25) is 5.15 Å². The molecule has 1 aliphatic rings. The van der Waals surface area contributed by atoms with E-state index in [2.05, 4.69) is 39.7 Å². The molecule has 2 N–H and O–H groups in total. The lowest BCUT2D eigenvalue weighted by atomic mass is 10.1. The van der Waals surface area contributed by atoms with Gasteiger partial charge in [-0.3, -0.25) is 0 Å². The van der Waals surface area contributed by atoms with E-state index < -0.39 is 0 Å². The second kappa shape index (κ2) is 5.15. The molecule has 98 valence electrons. The van der Waals surface area contributed by atoms with E-state index in [-0.39, 0.29) is 0 Å². The van der Waals surface area contributed by atoms with Crippen LogP contribution in [-0.2, 0) is 13.0 Å². The highest BCUT2D eigenvalue weighted by Gasteiger charge is 2.16. The number of halogens is 1. The van der Waals surface area contributed by atoms with Crippen molar-refractivity contribution in [1.29, 1.82) is 0 Å². The van der Waals surface area contributed by atoms with Crippen molar-refractivity contribution in [3.05, 3.63) is 46.2 Å². The summed E-state index contributed by atoms with van der Waals surface area (Å²) in [5.74, 6) is 0.554. The molecule has 5 heteroatoms. The van der Waals surface area contributed by atoms with Crippen molar-refractivity contribution < 1.29 is 0 Å². The number of hydrogen-bond acceptors (Lipinski definition) is 4. The lowest BCUT2D eigenvalue weighted by Crippen LogP contribution is -2.25. The average Bonchev–Trinajstić information content (AvgIpc) is 2.39. The minimum Gasteiger partial charge on any atom is -0.324 e. The number of aryl methyl sites for hydroxylation is 1. The number of benzene rings is 1. The maximum Gasteiger partial charge on any atom is 0.228 e. The third kappa shape index (κ3) is 2.69. The molecule has 0 radical (unpaired) electrons. The van der Waals surface area contributed by atoms with Gasteiger partial charge in [0, 0.05) is 17.8 Å². The third-order valence-electron chi connectivity index (χ3n) is 3.16. The molecule has 0 atom stereocenters. The van der Waals surface area contributed by atoms with Crippen molar-refractivity contribution in [2.45, 2.75) is 19.9 Å². The molecule has 0 spiro atoms. The quantitative estimate of drug-likeness (QED) is 0.827. The normalized spacial score (nSPS) is 14.0. The fourth-order valence-corrected chi connectivity index (χ4v) is 2.51. The first kappa shape index (κ1) is 12.4. The Bertz CT molecular complexity index is 612. The molecule has 0 unspecified atom stereocenters. The summed E-state index contributed by atoms with van der Waals surface area (Å²) < 4.78 is 0. The topological polar surface area (TPSA) is 49.8 Å². The number of nitrogens with one attached hydrogen (secondary N) is 2. The maximum atomic E-state index is 6.23. The molecule has 0 saturated carbocycles. The molecule has 1 aromatic heterocycles. The van der Waals surface area contributed by atoms with Gasteiger partial charge in [0.05, 0.1) is 5.69 Å². The highest BCUT2D eigenvalue weighted by Crippen LogP contribution is 2.23. The van der Waals surface area contributed by atoms with Crippen molar-refractivity contribution in [1.82, 2.24) is 15.3 Å². The summed E-state index contributed by atoms with van der Waals surface area (Å²) in [6.07, 6.45) is 0.888. The van der Waals surface area contributed by atoms with Crippen LogP contribution < -0.4 is 10.6 Å². The van der Waals surface area contributed by atoms with Crippen LogP contribution in [-0.4, -0.2) is 16.5 Å². The summed E-state index contributed by atoms with van der Waals surface area (Å²) in [4.78, 5) is 8.86. The van der Waals surface area contributed by atoms with E-state index in [4.69, 9.17) is 11.6 Å². The van der Waals surface area contributed by atoms with E-state index in [9.17, 15) is 0 Å². The van der Waals surface area contributed by atoms with Crippen LogP contribution in [0, 0.1) is 6.92 Å². The molecular formula is C14H15ClN4. The number of aromatic nitrogens is 2. The van der Waals surface area contributed by atoms with E-state index in [0.717, 1.165) is 36.5 Å². The number of anilines is 2. The van der Waals surface area contributed by atoms with E-state index in [1.165, 1.54) is 5.56 Å². The van der Waals surface area contributed by atoms with E-state index >= 15 is 0 Å². The zero-order valence-electron chi connectivity index (χ0n) is 10.7. The maximum absolute atomic E-state index is 6.23. The largest absolute Gasteiger partial charge is 0.324 e. The highest BCUT2D eigenvalue weighted by molar-refractivity contribution is 6.30. The predicted octanol–water partition coefficient (Wildman–Crippen LogP) is 2.83. The van der Waals surface area contributed by atoms with Crippen molar-refractivity contribution in [2.75, 3.05) is 11.9 Å². The molecule has 0 fully saturated rings. The number of hydrogen-bond donors (Lipinski definition) is 2. The van der Waals surface area contributed by atoms with Crippen LogP contribution in [0.4, 0.5) is 11.6 Å². The molecule has 3 rings (SSSR count). The van der Waals surface area contributed by atoms with Crippen molar-refractivity contribution in [2.24, 2.45) is 0 Å². The zero-order chi connectivity index (χ0) is 13.2. The van der Waals surface area contributed by atoms with Crippen LogP contribution in [0.5, 0.6) is 0 Å². The summed E-state index contributed by atoms with van der Waals surface area (Å²) in [7, 11) is 0. The van der Waals surface area contributed by atoms with Gasteiger partial charge in [-0.25, -0.2) is 9.97 Å². The Morgan fingerprint density at radius 1 is 1.32 bits per heavy atom. The second-order valence-electron chi connectivity index (χ2n) is 4.68. The number of nitrogens with zero attached hydrogens (tertiary/aromatic N) is 2. The monoisotopic (exact) mass is 274 g/mol. The van der Waals surface area contributed by atoms with Gasteiger partial charge >= 0.3 is 0 Å². The lowest BCUT2D eigenvalue weighted by molar-refractivity contribution is 0.624. The number of fused-ring (bicyclic) bond motifs is 1. The molecule has 0 saturated heterocycles. The Hall–Kier alpha value is -1.65. The van der Waals surface area contributed by atoms with Crippen molar-refractivity contribution in [3.63, 3.8) is 0 Å². The molecule has 19 heavy (non-hydrogen) atoms. The second-order valence-corrected chi connectivity index (χ2v) is 5.04. The van der Waals surface area contributed by atoms with Gasteiger partial charge in [-0.1, -0.05) is 23.7 Å². The Balaban J connectivity index is 1.91. The molecule has 1 aliphatic heterocycles. The van der Waals surface area contributed by atoms with Gasteiger partial charge in [0.15, 0.2) is 0 Å². The van der Waals surface area contributed by atoms with Gasteiger partial charge in [0.25, 0.3) is 0 Å². The van der Waals surface area contributed by atoms with Crippen LogP contribution in [0.1, 0.15) is 16.8 Å². The summed E-state index contributed by atoms with van der Waals surface area (Å²) in [6, 6.07) is 8.09. The smallest absolute Gasteiger partial charge is 0.228 e. The summed E-state index contributed by atoms with van der Waals surface area (Å²) >= 11 is 6.23. The molecule has 0 aliphatic carbocycles. The van der Waals surface area contributed by atoms with E-state index in [1.807, 2.05) is 12.1 Å². The molecule has 1 aromatic carbocycles. The van der Waals surface area contributed by atoms with Gasteiger partial charge in [0.2, 0.25) is 5.95 Å². The fourth-order valence-electron chi connectivity index (χ4n) is 2.22. The van der Waals surface area contributed by atoms with Gasteiger partial charge in [0.1, 0.15) is 5.15 Å². The highest BCUT2D eigenvalue weighted by atomic mass is 35.5. The van der Waals surface area contributed by atoms with Gasteiger partial charge < -0.3 is 10.6 Å². The van der Waals surface area contributed by atoms with E-state index in [0.29, 0.717) is 11.1 Å². The molecule has 4 nitrogen and oxygen atoms in total. The zero-order valence-corrected chi connectivity index (χ0v) is 11.5. The van der Waals surface area contributed by atoms with E-state index in [1.54, 1.807) is 0 Å². The minimum absolute atomic E-state index is 0.554. The van der Waals surface area contributed by atoms with Crippen LogP contribution in [0.25, 0.3) is 0 Å². The third-order valence-corrected chi connectivity index (χ3v) is 3.47. The molecule has 2 heterocycles. The SMILES string of the molecule is Cc1cccc(Nc2nc(Cl)c3c(n2)CNCC3)c1. The van der Waals surface area contributed by atoms with Crippen LogP contribution in [0.3, 0.4) is 0 Å². The fraction of sp³-hybridized carbons (Fsp3) is 0.286. The van der Waals surface area contributed by atoms with Crippen molar-refractivity contribution in [3.8, 4) is 0 Å². The summed E-state index contributed by atoms with van der Waals surface area (Å²) in [5, 5.41) is 7.05. The molecule has 2 aromatic rings. The van der Waals surface area contributed by atoms with Gasteiger partial charge in [-0.15, -0.1) is 0 Å². The molecule has 0 amide bonds. The van der Waals surface area contributed by atoms with Crippen LogP contribution in [0.15, 0.2) is 24.3 Å². The summed E-state index contributed by atoms with van der Waals surface area (Å²) in [6.45, 7) is 3.73. The standard InChI is InChI=1S/C14H15ClN4/c1-9-3-2-4-10(7-9)17-14-18-12-8-16-6-5-11(12)13(15)19-14/h2-4,7,16H,5-6,8H2,1H3,(H,17,18,19). The Kier molecular flexibility index (Phi) is 3.36. The first-order chi connectivity index (χ1) is 9.22. The van der Waals surface area contributed by atoms with Gasteiger partial charge in [-0.2, -0.15) is 0 Å². The molecule has 0 bridgehead atoms. The first-order valence-corrected chi connectivity index (χ1v) is 6.70. The minimum atomic E-state index is 0.554. The Morgan fingerprint density at radius 2 is 2.21 bits per heavy atom. The molecular weight excluding hydrogens is 260 g/mol. The van der Waals surface area contributed by atoms with Gasteiger partial charge in [-0.05, 0) is 37.6 Å². The lowest BCUT2D eigenvalue weighted by Gasteiger charge is -2.18. The first-order valence-electron chi connectivity index (χ1n) is 6.32.